The van der Waals surface area contributed by atoms with Crippen molar-refractivity contribution in [2.45, 2.75) is 25.7 Å². The maximum absolute atomic E-state index is 6.38. The van der Waals surface area contributed by atoms with E-state index in [0.29, 0.717) is 10.0 Å². The molecule has 6 heteroatoms. The van der Waals surface area contributed by atoms with Crippen molar-refractivity contribution in [2.75, 3.05) is 23.9 Å². The molecule has 0 amide bonds. The molecular formula is C16H19Cl2N3S. The number of rotatable bonds is 4. The summed E-state index contributed by atoms with van der Waals surface area (Å²) in [5.41, 5.74) is 3.41. The highest BCUT2D eigenvalue weighted by Gasteiger charge is 2.21. The Hall–Kier alpha value is -0.840. The molecule has 0 spiro atoms. The van der Waals surface area contributed by atoms with Crippen LogP contribution in [0.2, 0.25) is 10.0 Å². The molecule has 22 heavy (non-hydrogen) atoms. The number of anilines is 1. The maximum atomic E-state index is 6.38. The van der Waals surface area contributed by atoms with Gasteiger partial charge in [0.1, 0.15) is 5.82 Å². The van der Waals surface area contributed by atoms with Gasteiger partial charge in [0.25, 0.3) is 0 Å². The number of thioether (sulfide) groups is 1. The summed E-state index contributed by atoms with van der Waals surface area (Å²) in [6, 6.07) is 5.56. The van der Waals surface area contributed by atoms with Crippen LogP contribution >= 0.6 is 35.0 Å². The van der Waals surface area contributed by atoms with Crippen LogP contribution in [0.25, 0.3) is 5.69 Å². The predicted molar refractivity (Wildman–Crippen MR) is 97.1 cm³/mol. The van der Waals surface area contributed by atoms with Crippen molar-refractivity contribution in [2.24, 2.45) is 0 Å². The molecule has 3 rings (SSSR count). The number of benzene rings is 1. The Bertz CT molecular complexity index is 670. The highest BCUT2D eigenvalue weighted by Crippen LogP contribution is 2.32. The fourth-order valence-corrected chi connectivity index (χ4v) is 3.69. The van der Waals surface area contributed by atoms with E-state index in [-0.39, 0.29) is 0 Å². The number of fused-ring (bicyclic) bond motifs is 1. The van der Waals surface area contributed by atoms with Gasteiger partial charge in [-0.1, -0.05) is 23.2 Å². The lowest BCUT2D eigenvalue weighted by molar-refractivity contribution is 0.766. The molecule has 2 aromatic rings. The van der Waals surface area contributed by atoms with Gasteiger partial charge in [-0.2, -0.15) is 16.9 Å². The van der Waals surface area contributed by atoms with Crippen molar-refractivity contribution in [3.05, 3.63) is 39.5 Å². The molecule has 1 aliphatic heterocycles. The molecule has 2 heterocycles. The Kier molecular flexibility index (Phi) is 5.21. The molecule has 1 N–H and O–H groups in total. The summed E-state index contributed by atoms with van der Waals surface area (Å²) in [5.74, 6) is 2.18. The summed E-state index contributed by atoms with van der Waals surface area (Å²) < 4.78 is 1.95. The Morgan fingerprint density at radius 1 is 1.32 bits per heavy atom. The molecule has 0 fully saturated rings. The normalized spacial score (nSPS) is 14.3. The highest BCUT2D eigenvalue weighted by atomic mass is 35.5. The first-order valence-corrected chi connectivity index (χ1v) is 9.64. The molecular weight excluding hydrogens is 337 g/mol. The lowest BCUT2D eigenvalue weighted by atomic mass is 10.1. The van der Waals surface area contributed by atoms with E-state index in [4.69, 9.17) is 28.3 Å². The molecule has 1 aromatic heterocycles. The molecule has 0 saturated carbocycles. The Labute approximate surface area is 145 Å². The van der Waals surface area contributed by atoms with E-state index in [9.17, 15) is 0 Å². The smallest absolute Gasteiger partial charge is 0.133 e. The summed E-state index contributed by atoms with van der Waals surface area (Å²) in [7, 11) is 0. The van der Waals surface area contributed by atoms with Crippen LogP contribution in [0.15, 0.2) is 18.2 Å². The van der Waals surface area contributed by atoms with Gasteiger partial charge >= 0.3 is 0 Å². The molecule has 0 saturated heterocycles. The van der Waals surface area contributed by atoms with Crippen LogP contribution in [-0.2, 0) is 12.8 Å². The van der Waals surface area contributed by atoms with E-state index >= 15 is 0 Å². The average Bonchev–Trinajstić information content (AvgIpc) is 2.68. The van der Waals surface area contributed by atoms with Gasteiger partial charge in [0.05, 0.1) is 16.4 Å². The largest absolute Gasteiger partial charge is 0.370 e. The van der Waals surface area contributed by atoms with Crippen molar-refractivity contribution >= 4 is 40.8 Å². The van der Waals surface area contributed by atoms with Gasteiger partial charge in [-0.25, -0.2) is 4.68 Å². The van der Waals surface area contributed by atoms with Crippen LogP contribution in [0.4, 0.5) is 5.82 Å². The minimum atomic E-state index is 0.625. The van der Waals surface area contributed by atoms with Crippen LogP contribution in [0.5, 0.6) is 0 Å². The zero-order valence-electron chi connectivity index (χ0n) is 12.5. The Morgan fingerprint density at radius 3 is 2.95 bits per heavy atom. The fourth-order valence-electron chi connectivity index (χ4n) is 2.80. The third-order valence-corrected chi connectivity index (χ3v) is 5.04. The minimum Gasteiger partial charge on any atom is -0.370 e. The molecule has 0 radical (unpaired) electrons. The standard InChI is InChI=1S/C16H19Cl2N3S/c1-22-9-7-14-12-4-2-3-8-19-16(12)21(20-14)15-6-5-11(17)10-13(15)18/h5-6,10,19H,2-4,7-9H2,1H3. The summed E-state index contributed by atoms with van der Waals surface area (Å²) in [6.45, 7) is 0.978. The SMILES string of the molecule is CSCCc1nn(-c2ccc(Cl)cc2Cl)c2c1CCCCN2. The first-order valence-electron chi connectivity index (χ1n) is 7.49. The van der Waals surface area contributed by atoms with Crippen LogP contribution in [-0.4, -0.2) is 28.3 Å². The van der Waals surface area contributed by atoms with Gasteiger partial charge in [0.15, 0.2) is 0 Å². The minimum absolute atomic E-state index is 0.625. The summed E-state index contributed by atoms with van der Waals surface area (Å²) in [4.78, 5) is 0. The number of nitrogens with one attached hydrogen (secondary N) is 1. The van der Waals surface area contributed by atoms with Gasteiger partial charge in [-0.3, -0.25) is 0 Å². The second-order valence-electron chi connectivity index (χ2n) is 5.41. The van der Waals surface area contributed by atoms with Gasteiger partial charge in [0, 0.05) is 23.6 Å². The molecule has 118 valence electrons. The van der Waals surface area contributed by atoms with Gasteiger partial charge < -0.3 is 5.32 Å². The van der Waals surface area contributed by atoms with Crippen molar-refractivity contribution in [1.29, 1.82) is 0 Å². The van der Waals surface area contributed by atoms with E-state index in [1.807, 2.05) is 28.6 Å². The van der Waals surface area contributed by atoms with Crippen molar-refractivity contribution in [3.8, 4) is 5.69 Å². The molecule has 3 nitrogen and oxygen atoms in total. The van der Waals surface area contributed by atoms with E-state index in [1.54, 1.807) is 6.07 Å². The predicted octanol–water partition coefficient (Wildman–Crippen LogP) is 4.83. The number of nitrogens with zero attached hydrogens (tertiary/aromatic N) is 2. The topological polar surface area (TPSA) is 29.9 Å². The zero-order valence-corrected chi connectivity index (χ0v) is 14.9. The molecule has 0 atom stereocenters. The summed E-state index contributed by atoms with van der Waals surface area (Å²) in [6.07, 6.45) is 6.59. The molecule has 0 aliphatic carbocycles. The van der Waals surface area contributed by atoms with Gasteiger partial charge in [-0.05, 0) is 49.5 Å². The molecule has 0 unspecified atom stereocenters. The van der Waals surface area contributed by atoms with Crippen molar-refractivity contribution < 1.29 is 0 Å². The highest BCUT2D eigenvalue weighted by molar-refractivity contribution is 7.98. The number of aromatic nitrogens is 2. The first-order chi connectivity index (χ1) is 10.7. The number of hydrogen-bond acceptors (Lipinski definition) is 3. The van der Waals surface area contributed by atoms with E-state index in [1.165, 1.54) is 24.1 Å². The van der Waals surface area contributed by atoms with E-state index < -0.39 is 0 Å². The molecule has 1 aromatic carbocycles. The third kappa shape index (κ3) is 3.24. The number of hydrogen-bond donors (Lipinski definition) is 1. The summed E-state index contributed by atoms with van der Waals surface area (Å²) in [5, 5.41) is 9.64. The second kappa shape index (κ2) is 7.16. The van der Waals surface area contributed by atoms with Crippen LogP contribution in [0.1, 0.15) is 24.1 Å². The monoisotopic (exact) mass is 355 g/mol. The average molecular weight is 356 g/mol. The Morgan fingerprint density at radius 2 is 2.18 bits per heavy atom. The van der Waals surface area contributed by atoms with Crippen LogP contribution in [0, 0.1) is 0 Å². The lowest BCUT2D eigenvalue weighted by Crippen LogP contribution is -2.07. The van der Waals surface area contributed by atoms with Crippen LogP contribution < -0.4 is 5.32 Å². The van der Waals surface area contributed by atoms with Gasteiger partial charge in [0.2, 0.25) is 0 Å². The lowest BCUT2D eigenvalue weighted by Gasteiger charge is -2.11. The molecule has 0 bridgehead atoms. The third-order valence-electron chi connectivity index (χ3n) is 3.89. The van der Waals surface area contributed by atoms with Gasteiger partial charge in [-0.15, -0.1) is 0 Å². The van der Waals surface area contributed by atoms with E-state index in [2.05, 4.69) is 11.6 Å². The number of halogens is 2. The first kappa shape index (κ1) is 16.0. The number of aryl methyl sites for hydroxylation is 1. The summed E-state index contributed by atoms with van der Waals surface area (Å²) >= 11 is 14.2. The quantitative estimate of drug-likeness (QED) is 0.851. The van der Waals surface area contributed by atoms with E-state index in [0.717, 1.165) is 36.6 Å². The van der Waals surface area contributed by atoms with Crippen molar-refractivity contribution in [3.63, 3.8) is 0 Å². The van der Waals surface area contributed by atoms with Crippen molar-refractivity contribution in [1.82, 2.24) is 9.78 Å². The second-order valence-corrected chi connectivity index (χ2v) is 7.24. The Balaban J connectivity index is 2.08. The maximum Gasteiger partial charge on any atom is 0.133 e. The zero-order chi connectivity index (χ0) is 15.5. The molecule has 1 aliphatic rings. The fraction of sp³-hybridized carbons (Fsp3) is 0.438. The van der Waals surface area contributed by atoms with Crippen LogP contribution in [0.3, 0.4) is 0 Å².